The van der Waals surface area contributed by atoms with Gasteiger partial charge in [0, 0.05) is 19.1 Å². The minimum absolute atomic E-state index is 0.482. The molecule has 4 heteroatoms. The fraction of sp³-hybridized carbons (Fsp3) is 1.00. The van der Waals surface area contributed by atoms with E-state index in [2.05, 4.69) is 10.6 Å². The summed E-state index contributed by atoms with van der Waals surface area (Å²) in [6, 6.07) is 0.640. The highest BCUT2D eigenvalue weighted by atomic mass is 32.2. The Balaban J connectivity index is 1.70. The molecule has 0 radical (unpaired) electrons. The van der Waals surface area contributed by atoms with Crippen LogP contribution in [0.1, 0.15) is 19.3 Å². The average Bonchev–Trinajstić information content (AvgIpc) is 2.65. The van der Waals surface area contributed by atoms with Gasteiger partial charge in [0.25, 0.3) is 0 Å². The number of hydrogen-bond donors (Lipinski definition) is 3. The van der Waals surface area contributed by atoms with Crippen molar-refractivity contribution < 1.29 is 5.11 Å². The van der Waals surface area contributed by atoms with E-state index in [1.54, 1.807) is 0 Å². The van der Waals surface area contributed by atoms with Crippen LogP contribution in [-0.4, -0.2) is 47.9 Å². The first-order valence-electron chi connectivity index (χ1n) is 5.53. The Morgan fingerprint density at radius 1 is 1.43 bits per heavy atom. The first kappa shape index (κ1) is 10.7. The zero-order valence-electron chi connectivity index (χ0n) is 8.59. The first-order valence-corrected chi connectivity index (χ1v) is 6.68. The van der Waals surface area contributed by atoms with Gasteiger partial charge in [0.1, 0.15) is 0 Å². The summed E-state index contributed by atoms with van der Waals surface area (Å²) in [4.78, 5) is 0. The third-order valence-electron chi connectivity index (χ3n) is 3.16. The largest absolute Gasteiger partial charge is 0.387 e. The number of β-amino-alcohol motifs (C(OH)–C–C–N with tert-alkyl or cyclic N) is 1. The van der Waals surface area contributed by atoms with Gasteiger partial charge in [-0.25, -0.2) is 0 Å². The van der Waals surface area contributed by atoms with Gasteiger partial charge in [-0.05, 0) is 37.3 Å². The second-order valence-electron chi connectivity index (χ2n) is 4.42. The van der Waals surface area contributed by atoms with Gasteiger partial charge in [-0.2, -0.15) is 11.8 Å². The lowest BCUT2D eigenvalue weighted by atomic mass is 10.0. The van der Waals surface area contributed by atoms with E-state index in [0.717, 1.165) is 26.1 Å². The molecule has 0 aromatic carbocycles. The fourth-order valence-electron chi connectivity index (χ4n) is 2.12. The summed E-state index contributed by atoms with van der Waals surface area (Å²) in [5.41, 5.74) is -0.482. The summed E-state index contributed by atoms with van der Waals surface area (Å²) < 4.78 is 0. The summed E-state index contributed by atoms with van der Waals surface area (Å²) in [6.07, 6.45) is 3.41. The Hall–Kier alpha value is 0.230. The van der Waals surface area contributed by atoms with E-state index in [9.17, 15) is 5.11 Å². The Labute approximate surface area is 90.0 Å². The lowest BCUT2D eigenvalue weighted by Gasteiger charge is -2.28. The number of thioether (sulfide) groups is 1. The van der Waals surface area contributed by atoms with Gasteiger partial charge in [0.2, 0.25) is 0 Å². The van der Waals surface area contributed by atoms with E-state index in [1.165, 1.54) is 24.3 Å². The van der Waals surface area contributed by atoms with Gasteiger partial charge in [0.05, 0.1) is 5.60 Å². The van der Waals surface area contributed by atoms with Crippen LogP contribution < -0.4 is 10.6 Å². The molecule has 2 saturated heterocycles. The molecule has 82 valence electrons. The first-order chi connectivity index (χ1) is 6.79. The minimum atomic E-state index is -0.482. The van der Waals surface area contributed by atoms with Crippen LogP contribution in [0.25, 0.3) is 0 Å². The van der Waals surface area contributed by atoms with Gasteiger partial charge in [-0.1, -0.05) is 0 Å². The molecule has 1 unspecified atom stereocenters. The van der Waals surface area contributed by atoms with Crippen molar-refractivity contribution >= 4 is 11.8 Å². The van der Waals surface area contributed by atoms with Gasteiger partial charge >= 0.3 is 0 Å². The predicted octanol–water partition coefficient (Wildman–Crippen LogP) is 0.196. The second-order valence-corrected chi connectivity index (χ2v) is 5.64. The Morgan fingerprint density at radius 2 is 2.21 bits per heavy atom. The van der Waals surface area contributed by atoms with E-state index >= 15 is 0 Å². The van der Waals surface area contributed by atoms with Gasteiger partial charge in [-0.15, -0.1) is 0 Å². The smallest absolute Gasteiger partial charge is 0.0907 e. The zero-order chi connectivity index (χ0) is 9.86. The van der Waals surface area contributed by atoms with Crippen molar-refractivity contribution in [1.29, 1.82) is 0 Å². The molecule has 0 amide bonds. The summed E-state index contributed by atoms with van der Waals surface area (Å²) in [5.74, 6) is 2.54. The van der Waals surface area contributed by atoms with Gasteiger partial charge < -0.3 is 15.7 Å². The van der Waals surface area contributed by atoms with Crippen molar-refractivity contribution in [1.82, 2.24) is 10.6 Å². The predicted molar refractivity (Wildman–Crippen MR) is 60.8 cm³/mol. The maximum Gasteiger partial charge on any atom is 0.0907 e. The molecular weight excluding hydrogens is 196 g/mol. The zero-order valence-corrected chi connectivity index (χ0v) is 9.41. The van der Waals surface area contributed by atoms with E-state index < -0.39 is 5.60 Å². The molecule has 0 aromatic rings. The van der Waals surface area contributed by atoms with Crippen LogP contribution in [-0.2, 0) is 0 Å². The van der Waals surface area contributed by atoms with Crippen molar-refractivity contribution in [2.24, 2.45) is 0 Å². The monoisotopic (exact) mass is 216 g/mol. The third-order valence-corrected chi connectivity index (χ3v) is 4.21. The van der Waals surface area contributed by atoms with Gasteiger partial charge in [0.15, 0.2) is 0 Å². The Morgan fingerprint density at radius 3 is 2.86 bits per heavy atom. The topological polar surface area (TPSA) is 44.3 Å². The molecule has 0 spiro atoms. The molecule has 2 rings (SSSR count). The molecule has 2 aliphatic rings. The lowest BCUT2D eigenvalue weighted by Crippen LogP contribution is -2.46. The second kappa shape index (κ2) is 4.84. The molecular formula is C10H20N2OS. The van der Waals surface area contributed by atoms with E-state index in [1.807, 2.05) is 11.8 Å². The van der Waals surface area contributed by atoms with Crippen molar-refractivity contribution in [2.75, 3.05) is 31.1 Å². The van der Waals surface area contributed by atoms with Crippen molar-refractivity contribution in [3.8, 4) is 0 Å². The molecule has 3 N–H and O–H groups in total. The van der Waals surface area contributed by atoms with Crippen LogP contribution in [0.3, 0.4) is 0 Å². The molecule has 0 aromatic heterocycles. The highest BCUT2D eigenvalue weighted by Crippen LogP contribution is 2.18. The Kier molecular flexibility index (Phi) is 3.71. The van der Waals surface area contributed by atoms with Crippen LogP contribution in [0.4, 0.5) is 0 Å². The molecule has 0 saturated carbocycles. The number of rotatable bonds is 3. The van der Waals surface area contributed by atoms with E-state index in [0.29, 0.717) is 6.04 Å². The van der Waals surface area contributed by atoms with E-state index in [4.69, 9.17) is 0 Å². The SMILES string of the molecule is OC1(CNC2CCSCC2)CCNC1. The van der Waals surface area contributed by atoms with Gasteiger partial charge in [-0.3, -0.25) is 0 Å². The highest BCUT2D eigenvalue weighted by molar-refractivity contribution is 7.99. The lowest BCUT2D eigenvalue weighted by molar-refractivity contribution is 0.0577. The fourth-order valence-corrected chi connectivity index (χ4v) is 3.22. The molecule has 2 heterocycles. The standard InChI is InChI=1S/C10H20N2OS/c13-10(3-4-11-7-10)8-12-9-1-5-14-6-2-9/h9,11-13H,1-8H2. The van der Waals surface area contributed by atoms with E-state index in [-0.39, 0.29) is 0 Å². The number of nitrogens with one attached hydrogen (secondary N) is 2. The third kappa shape index (κ3) is 2.86. The normalized spacial score (nSPS) is 34.9. The quantitative estimate of drug-likeness (QED) is 0.630. The maximum absolute atomic E-state index is 10.1. The minimum Gasteiger partial charge on any atom is -0.387 e. The molecule has 0 bridgehead atoms. The van der Waals surface area contributed by atoms with Crippen LogP contribution in [0.5, 0.6) is 0 Å². The average molecular weight is 216 g/mol. The Bertz CT molecular complexity index is 177. The summed E-state index contributed by atoms with van der Waals surface area (Å²) in [7, 11) is 0. The number of hydrogen-bond acceptors (Lipinski definition) is 4. The molecule has 1 atom stereocenters. The summed E-state index contributed by atoms with van der Waals surface area (Å²) >= 11 is 2.04. The van der Waals surface area contributed by atoms with Crippen LogP contribution in [0.2, 0.25) is 0 Å². The van der Waals surface area contributed by atoms with Crippen molar-refractivity contribution in [2.45, 2.75) is 30.9 Å². The maximum atomic E-state index is 10.1. The van der Waals surface area contributed by atoms with Crippen LogP contribution >= 0.6 is 11.8 Å². The molecule has 2 fully saturated rings. The molecule has 2 aliphatic heterocycles. The molecule has 14 heavy (non-hydrogen) atoms. The summed E-state index contributed by atoms with van der Waals surface area (Å²) in [6.45, 7) is 2.47. The molecule has 0 aliphatic carbocycles. The highest BCUT2D eigenvalue weighted by Gasteiger charge is 2.31. The van der Waals surface area contributed by atoms with Crippen LogP contribution in [0.15, 0.2) is 0 Å². The molecule has 3 nitrogen and oxygen atoms in total. The number of aliphatic hydroxyl groups is 1. The van der Waals surface area contributed by atoms with Crippen LogP contribution in [0, 0.1) is 0 Å². The van der Waals surface area contributed by atoms with Crippen molar-refractivity contribution in [3.05, 3.63) is 0 Å². The summed E-state index contributed by atoms with van der Waals surface area (Å²) in [5, 5.41) is 16.8. The van der Waals surface area contributed by atoms with Crippen molar-refractivity contribution in [3.63, 3.8) is 0 Å².